The molecule has 1 N–H and O–H groups in total. The molecule has 0 aliphatic carbocycles. The van der Waals surface area contributed by atoms with Gasteiger partial charge >= 0.3 is 0 Å². The maximum atomic E-state index is 12.6. The second kappa shape index (κ2) is 12.0. The fourth-order valence-electron chi connectivity index (χ4n) is 3.10. The Bertz CT molecular complexity index is 893. The lowest BCUT2D eigenvalue weighted by Crippen LogP contribution is -2.54. The summed E-state index contributed by atoms with van der Waals surface area (Å²) < 4.78 is 31.4. The Morgan fingerprint density at radius 1 is 1.27 bits per heavy atom. The summed E-state index contributed by atoms with van der Waals surface area (Å²) >= 11 is 1.69. The molecule has 1 saturated heterocycles. The molecule has 1 aliphatic heterocycles. The Morgan fingerprint density at radius 2 is 2.03 bits per heavy atom. The van der Waals surface area contributed by atoms with Crippen molar-refractivity contribution < 1.29 is 12.9 Å². The van der Waals surface area contributed by atoms with Gasteiger partial charge in [-0.1, -0.05) is 12.1 Å². The normalized spacial score (nSPS) is 15.8. The van der Waals surface area contributed by atoms with E-state index in [-0.39, 0.29) is 29.7 Å². The standard InChI is InChI=1S/C18H28N6O3S2.HI/c1-3-17-21-15(13-28-17)5-7-20-18(19-4-2)23-8-10-24(11-9-23)29(25,26)14-16-6-12-27-22-16;/h6,12-13H,3-5,7-11,14H2,1-2H3,(H,19,20);1H. The molecule has 168 valence electrons. The molecule has 1 aliphatic rings. The second-order valence-electron chi connectivity index (χ2n) is 6.70. The number of rotatable bonds is 8. The van der Waals surface area contributed by atoms with Gasteiger partial charge in [0, 0.05) is 57.1 Å². The molecular weight excluding hydrogens is 539 g/mol. The molecule has 3 heterocycles. The molecule has 0 radical (unpaired) electrons. The van der Waals surface area contributed by atoms with E-state index in [1.54, 1.807) is 17.4 Å². The molecule has 3 rings (SSSR count). The van der Waals surface area contributed by atoms with Crippen LogP contribution in [0.4, 0.5) is 0 Å². The predicted molar refractivity (Wildman–Crippen MR) is 129 cm³/mol. The minimum atomic E-state index is -3.40. The van der Waals surface area contributed by atoms with Crippen molar-refractivity contribution in [3.05, 3.63) is 34.1 Å². The molecule has 0 saturated carbocycles. The van der Waals surface area contributed by atoms with E-state index in [4.69, 9.17) is 9.52 Å². The molecule has 0 unspecified atom stereocenters. The summed E-state index contributed by atoms with van der Waals surface area (Å²) in [4.78, 5) is 11.4. The maximum absolute atomic E-state index is 12.6. The molecule has 0 aromatic carbocycles. The number of aryl methyl sites for hydroxylation is 1. The number of thiazole rings is 1. The zero-order chi connectivity index (χ0) is 20.7. The van der Waals surface area contributed by atoms with Crippen LogP contribution in [-0.2, 0) is 28.6 Å². The van der Waals surface area contributed by atoms with Crippen LogP contribution < -0.4 is 5.32 Å². The fraction of sp³-hybridized carbons (Fsp3) is 0.611. The number of aromatic nitrogens is 2. The zero-order valence-corrected chi connectivity index (χ0v) is 21.2. The summed E-state index contributed by atoms with van der Waals surface area (Å²) in [6.07, 6.45) is 3.15. The first-order valence-corrected chi connectivity index (χ1v) is 12.3. The van der Waals surface area contributed by atoms with Crippen molar-refractivity contribution >= 4 is 51.3 Å². The van der Waals surface area contributed by atoms with Crippen LogP contribution in [0.15, 0.2) is 27.2 Å². The third kappa shape index (κ3) is 6.89. The first-order chi connectivity index (χ1) is 14.0. The number of guanidine groups is 1. The number of hydrogen-bond acceptors (Lipinski definition) is 7. The SMILES string of the molecule is CCNC(=NCCc1csc(CC)n1)N1CCN(S(=O)(=O)Cc2ccon2)CC1.I. The highest BCUT2D eigenvalue weighted by molar-refractivity contribution is 14.0. The third-order valence-corrected chi connectivity index (χ3v) is 7.47. The third-order valence-electron chi connectivity index (χ3n) is 4.62. The first-order valence-electron chi connectivity index (χ1n) is 9.85. The van der Waals surface area contributed by atoms with E-state index in [0.717, 1.165) is 36.0 Å². The quantitative estimate of drug-likeness (QED) is 0.295. The van der Waals surface area contributed by atoms with E-state index in [1.165, 1.54) is 10.6 Å². The molecule has 0 spiro atoms. The Balaban J connectivity index is 0.00000320. The monoisotopic (exact) mass is 568 g/mol. The van der Waals surface area contributed by atoms with E-state index in [2.05, 4.69) is 32.7 Å². The van der Waals surface area contributed by atoms with Gasteiger partial charge in [0.05, 0.1) is 16.4 Å². The summed E-state index contributed by atoms with van der Waals surface area (Å²) in [6.45, 7) is 7.60. The van der Waals surface area contributed by atoms with Crippen molar-refractivity contribution in [1.82, 2.24) is 24.7 Å². The van der Waals surface area contributed by atoms with E-state index >= 15 is 0 Å². The number of sulfonamides is 1. The topological polar surface area (TPSA) is 104 Å². The van der Waals surface area contributed by atoms with Crippen LogP contribution in [0.5, 0.6) is 0 Å². The van der Waals surface area contributed by atoms with Crippen molar-refractivity contribution in [1.29, 1.82) is 0 Å². The summed E-state index contributed by atoms with van der Waals surface area (Å²) in [7, 11) is -3.40. The molecule has 2 aromatic rings. The molecule has 9 nitrogen and oxygen atoms in total. The van der Waals surface area contributed by atoms with Gasteiger partial charge in [-0.25, -0.2) is 13.4 Å². The molecule has 0 bridgehead atoms. The van der Waals surface area contributed by atoms with Gasteiger partial charge in [0.15, 0.2) is 5.96 Å². The highest BCUT2D eigenvalue weighted by atomic mass is 127. The van der Waals surface area contributed by atoms with Gasteiger partial charge in [0.1, 0.15) is 12.0 Å². The second-order valence-corrected chi connectivity index (χ2v) is 9.62. The molecule has 12 heteroatoms. The lowest BCUT2D eigenvalue weighted by atomic mass is 10.3. The van der Waals surface area contributed by atoms with Gasteiger partial charge in [-0.15, -0.1) is 35.3 Å². The van der Waals surface area contributed by atoms with Crippen LogP contribution in [0.1, 0.15) is 30.2 Å². The van der Waals surface area contributed by atoms with E-state index < -0.39 is 10.0 Å². The van der Waals surface area contributed by atoms with Crippen molar-refractivity contribution in [3.8, 4) is 0 Å². The minimum Gasteiger partial charge on any atom is -0.364 e. The van der Waals surface area contributed by atoms with Gasteiger partial charge in [-0.05, 0) is 13.3 Å². The number of nitrogens with zero attached hydrogens (tertiary/aromatic N) is 5. The summed E-state index contributed by atoms with van der Waals surface area (Å²) in [5.41, 5.74) is 1.51. The predicted octanol–water partition coefficient (Wildman–Crippen LogP) is 1.97. The lowest BCUT2D eigenvalue weighted by Gasteiger charge is -2.35. The maximum Gasteiger partial charge on any atom is 0.220 e. The Morgan fingerprint density at radius 3 is 2.63 bits per heavy atom. The number of piperazine rings is 1. The van der Waals surface area contributed by atoms with Gasteiger partial charge in [0.2, 0.25) is 10.0 Å². The Kier molecular flexibility index (Phi) is 9.97. The minimum absolute atomic E-state index is 0. The first kappa shape index (κ1) is 25.0. The van der Waals surface area contributed by atoms with Crippen LogP contribution in [0.2, 0.25) is 0 Å². The summed E-state index contributed by atoms with van der Waals surface area (Å²) in [5.74, 6) is 0.692. The average molecular weight is 569 g/mol. The molecular formula is C18H29IN6O3S2. The molecule has 2 aromatic heterocycles. The summed E-state index contributed by atoms with van der Waals surface area (Å²) in [6, 6.07) is 1.58. The van der Waals surface area contributed by atoms with Crippen molar-refractivity contribution in [2.75, 3.05) is 39.3 Å². The van der Waals surface area contributed by atoms with Crippen LogP contribution in [-0.4, -0.2) is 73.0 Å². The van der Waals surface area contributed by atoms with Crippen LogP contribution in [0.3, 0.4) is 0 Å². The van der Waals surface area contributed by atoms with Crippen molar-refractivity contribution in [2.45, 2.75) is 32.4 Å². The lowest BCUT2D eigenvalue weighted by molar-refractivity contribution is 0.260. The molecule has 1 fully saturated rings. The number of hydrogen-bond donors (Lipinski definition) is 1. The highest BCUT2D eigenvalue weighted by Gasteiger charge is 2.28. The van der Waals surface area contributed by atoms with Crippen molar-refractivity contribution in [3.63, 3.8) is 0 Å². The number of nitrogens with one attached hydrogen (secondary N) is 1. The average Bonchev–Trinajstić information content (AvgIpc) is 3.39. The molecule has 30 heavy (non-hydrogen) atoms. The molecule has 0 amide bonds. The van der Waals surface area contributed by atoms with Gasteiger partial charge in [-0.3, -0.25) is 4.99 Å². The van der Waals surface area contributed by atoms with E-state index in [9.17, 15) is 8.42 Å². The van der Waals surface area contributed by atoms with Crippen molar-refractivity contribution in [2.24, 2.45) is 4.99 Å². The van der Waals surface area contributed by atoms with Gasteiger partial charge < -0.3 is 14.7 Å². The molecule has 0 atom stereocenters. The van der Waals surface area contributed by atoms with Crippen LogP contribution in [0.25, 0.3) is 0 Å². The van der Waals surface area contributed by atoms with Crippen LogP contribution >= 0.6 is 35.3 Å². The zero-order valence-electron chi connectivity index (χ0n) is 17.3. The Labute approximate surface area is 199 Å². The Hall–Kier alpha value is -1.25. The van der Waals surface area contributed by atoms with Crippen LogP contribution in [0, 0.1) is 0 Å². The van der Waals surface area contributed by atoms with E-state index in [0.29, 0.717) is 38.4 Å². The summed E-state index contributed by atoms with van der Waals surface area (Å²) in [5, 5.41) is 10.3. The van der Waals surface area contributed by atoms with Gasteiger partial charge in [0.25, 0.3) is 0 Å². The number of halogens is 1. The van der Waals surface area contributed by atoms with Gasteiger partial charge in [-0.2, -0.15) is 4.31 Å². The smallest absolute Gasteiger partial charge is 0.220 e. The fourth-order valence-corrected chi connectivity index (χ4v) is 5.30. The van der Waals surface area contributed by atoms with E-state index in [1.807, 2.05) is 6.92 Å². The largest absolute Gasteiger partial charge is 0.364 e. The highest BCUT2D eigenvalue weighted by Crippen LogP contribution is 2.13. The number of aliphatic imine (C=N–C) groups is 1.